The molecular weight excluding hydrogens is 324 g/mol. The zero-order valence-electron chi connectivity index (χ0n) is 13.2. The van der Waals surface area contributed by atoms with Crippen LogP contribution < -0.4 is 0 Å². The predicted octanol–water partition coefficient (Wildman–Crippen LogP) is -3.14. The van der Waals surface area contributed by atoms with Crippen molar-refractivity contribution in [3.05, 3.63) is 11.1 Å². The lowest BCUT2D eigenvalue weighted by molar-refractivity contribution is -0.301. The number of aliphatic hydroxyl groups excluding tert-OH is 7. The largest absolute Gasteiger partial charge is 0.394 e. The number of hydrogen-bond donors (Lipinski definition) is 7. The summed E-state index contributed by atoms with van der Waals surface area (Å²) in [5.74, 6) is -0.373. The molecule has 7 atom stereocenters. The lowest BCUT2D eigenvalue weighted by atomic mass is 9.96. The van der Waals surface area contributed by atoms with E-state index in [1.54, 1.807) is 0 Å². The van der Waals surface area contributed by atoms with E-state index in [0.717, 1.165) is 0 Å². The molecule has 1 heterocycles. The van der Waals surface area contributed by atoms with E-state index in [4.69, 9.17) is 14.6 Å². The van der Waals surface area contributed by atoms with Crippen molar-refractivity contribution in [3.8, 4) is 0 Å². The molecule has 0 radical (unpaired) electrons. The highest BCUT2D eigenvalue weighted by Crippen LogP contribution is 2.34. The molecule has 0 aromatic rings. The summed E-state index contributed by atoms with van der Waals surface area (Å²) in [7, 11) is 0. The quantitative estimate of drug-likeness (QED) is 0.235. The summed E-state index contributed by atoms with van der Waals surface area (Å²) >= 11 is 0. The van der Waals surface area contributed by atoms with Crippen LogP contribution in [0.5, 0.6) is 0 Å². The van der Waals surface area contributed by atoms with E-state index < -0.39 is 43.4 Å². The highest BCUT2D eigenvalue weighted by Gasteiger charge is 2.44. The first-order valence-electron chi connectivity index (χ1n) is 7.97. The highest BCUT2D eigenvalue weighted by atomic mass is 16.7. The molecule has 0 aromatic heterocycles. The third kappa shape index (κ3) is 3.96. The first kappa shape index (κ1) is 19.7. The van der Waals surface area contributed by atoms with E-state index in [1.807, 2.05) is 0 Å². The Hall–Kier alpha value is -0.620. The summed E-state index contributed by atoms with van der Waals surface area (Å²) in [6.07, 6.45) is -6.82. The molecule has 140 valence electrons. The van der Waals surface area contributed by atoms with Crippen molar-refractivity contribution in [1.82, 2.24) is 0 Å². The van der Waals surface area contributed by atoms with Gasteiger partial charge in [0.25, 0.3) is 0 Å². The van der Waals surface area contributed by atoms with E-state index in [0.29, 0.717) is 17.6 Å². The number of aliphatic hydroxyl groups is 7. The Balaban J connectivity index is 1.90. The first-order valence-corrected chi connectivity index (χ1v) is 7.97. The van der Waals surface area contributed by atoms with E-state index in [9.17, 15) is 30.6 Å². The molecule has 9 heteroatoms. The first-order chi connectivity index (χ1) is 11.4. The molecule has 7 N–H and O–H groups in total. The molecule has 0 unspecified atom stereocenters. The lowest BCUT2D eigenvalue weighted by Gasteiger charge is -2.39. The molecule has 0 spiro atoms. The van der Waals surface area contributed by atoms with Crippen LogP contribution in [0.15, 0.2) is 11.1 Å². The van der Waals surface area contributed by atoms with Crippen molar-refractivity contribution in [2.75, 3.05) is 26.4 Å². The number of hydrogen-bond acceptors (Lipinski definition) is 9. The number of rotatable bonds is 7. The molecule has 0 saturated carbocycles. The van der Waals surface area contributed by atoms with E-state index in [2.05, 4.69) is 0 Å². The zero-order chi connectivity index (χ0) is 17.9. The van der Waals surface area contributed by atoms with Gasteiger partial charge in [0.1, 0.15) is 24.4 Å². The second-order valence-electron chi connectivity index (χ2n) is 6.18. The maximum absolute atomic E-state index is 10.0. The van der Waals surface area contributed by atoms with Crippen LogP contribution in [0.3, 0.4) is 0 Å². The average molecular weight is 350 g/mol. The molecule has 1 aliphatic carbocycles. The smallest absolute Gasteiger partial charge is 0.186 e. The Kier molecular flexibility index (Phi) is 7.10. The van der Waals surface area contributed by atoms with E-state index in [1.165, 1.54) is 0 Å². The predicted molar refractivity (Wildman–Crippen MR) is 79.6 cm³/mol. The van der Waals surface area contributed by atoms with Crippen LogP contribution in [-0.4, -0.2) is 99.0 Å². The maximum Gasteiger partial charge on any atom is 0.186 e. The summed E-state index contributed by atoms with van der Waals surface area (Å²) in [6, 6.07) is 0. The second-order valence-corrected chi connectivity index (χ2v) is 6.18. The topological polar surface area (TPSA) is 160 Å². The van der Waals surface area contributed by atoms with Crippen molar-refractivity contribution in [2.24, 2.45) is 5.92 Å². The van der Waals surface area contributed by atoms with Gasteiger partial charge in [-0.05, 0) is 24.0 Å². The third-order valence-corrected chi connectivity index (χ3v) is 4.74. The normalized spacial score (nSPS) is 40.4. The minimum Gasteiger partial charge on any atom is -0.394 e. The lowest BCUT2D eigenvalue weighted by Crippen LogP contribution is -2.59. The molecular formula is C15H26O9. The van der Waals surface area contributed by atoms with Gasteiger partial charge < -0.3 is 45.2 Å². The van der Waals surface area contributed by atoms with E-state index >= 15 is 0 Å². The summed E-state index contributed by atoms with van der Waals surface area (Å²) in [6.45, 7) is -0.981. The van der Waals surface area contributed by atoms with Crippen molar-refractivity contribution in [3.63, 3.8) is 0 Å². The van der Waals surface area contributed by atoms with Gasteiger partial charge >= 0.3 is 0 Å². The molecule has 1 aliphatic heterocycles. The summed E-state index contributed by atoms with van der Waals surface area (Å²) in [5.41, 5.74) is 1.20. The van der Waals surface area contributed by atoms with Crippen molar-refractivity contribution in [1.29, 1.82) is 0 Å². The van der Waals surface area contributed by atoms with Crippen LogP contribution in [0.1, 0.15) is 12.8 Å². The molecule has 1 saturated heterocycles. The highest BCUT2D eigenvalue weighted by molar-refractivity contribution is 5.26. The van der Waals surface area contributed by atoms with Crippen LogP contribution in [0.4, 0.5) is 0 Å². The fraction of sp³-hybridized carbons (Fsp3) is 0.867. The fourth-order valence-electron chi connectivity index (χ4n) is 3.30. The monoisotopic (exact) mass is 350 g/mol. The fourth-order valence-corrected chi connectivity index (χ4v) is 3.30. The van der Waals surface area contributed by atoms with Gasteiger partial charge in [0.05, 0.1) is 32.5 Å². The number of ether oxygens (including phenoxy) is 2. The van der Waals surface area contributed by atoms with Gasteiger partial charge in [0.15, 0.2) is 6.29 Å². The Morgan fingerprint density at radius 3 is 2.25 bits per heavy atom. The summed E-state index contributed by atoms with van der Waals surface area (Å²) < 4.78 is 10.6. The molecule has 0 amide bonds. The Bertz CT molecular complexity index is 439. The van der Waals surface area contributed by atoms with E-state index in [-0.39, 0.29) is 32.2 Å². The Labute approximate surface area is 139 Å². The van der Waals surface area contributed by atoms with Crippen LogP contribution in [0.2, 0.25) is 0 Å². The van der Waals surface area contributed by atoms with Crippen LogP contribution >= 0.6 is 0 Å². The zero-order valence-corrected chi connectivity index (χ0v) is 13.2. The van der Waals surface area contributed by atoms with Gasteiger partial charge in [-0.15, -0.1) is 0 Å². The van der Waals surface area contributed by atoms with Crippen molar-refractivity contribution in [2.45, 2.75) is 49.7 Å². The summed E-state index contributed by atoms with van der Waals surface area (Å²) in [5, 5.41) is 67.0. The van der Waals surface area contributed by atoms with Crippen molar-refractivity contribution < 1.29 is 45.2 Å². The maximum atomic E-state index is 10.0. The van der Waals surface area contributed by atoms with Gasteiger partial charge in [-0.25, -0.2) is 0 Å². The van der Waals surface area contributed by atoms with Crippen LogP contribution in [-0.2, 0) is 9.47 Å². The SMILES string of the molecule is OCC1=C(CO)[C@@H](CCO[C@@H]2O[C@H](CO)[C@@H](O)[C@@H](O)[C@H]2O)[C@H](O)C1. The van der Waals surface area contributed by atoms with Crippen LogP contribution in [0.25, 0.3) is 0 Å². The van der Waals surface area contributed by atoms with Gasteiger partial charge in [-0.1, -0.05) is 0 Å². The van der Waals surface area contributed by atoms with Crippen LogP contribution in [0, 0.1) is 5.92 Å². The molecule has 2 rings (SSSR count). The minimum atomic E-state index is -1.51. The molecule has 1 fully saturated rings. The molecule has 2 aliphatic rings. The standard InChI is InChI=1S/C15H26O9/c16-4-7-3-10(19)8(9(7)5-17)1-2-23-15-14(22)13(21)12(20)11(6-18)24-15/h8,10-22H,1-6H2/t8-,10-,11-,12-,13-,14-,15-/m1/s1. The summed E-state index contributed by atoms with van der Waals surface area (Å²) in [4.78, 5) is 0. The Morgan fingerprint density at radius 1 is 0.958 bits per heavy atom. The second kappa shape index (κ2) is 8.65. The van der Waals surface area contributed by atoms with Gasteiger partial charge in [0.2, 0.25) is 0 Å². The minimum absolute atomic E-state index is 0.0482. The van der Waals surface area contributed by atoms with Gasteiger partial charge in [-0.3, -0.25) is 0 Å². The average Bonchev–Trinajstić information content (AvgIpc) is 2.90. The van der Waals surface area contributed by atoms with Gasteiger partial charge in [0, 0.05) is 5.92 Å². The van der Waals surface area contributed by atoms with Crippen molar-refractivity contribution >= 4 is 0 Å². The molecule has 0 aromatic carbocycles. The van der Waals surface area contributed by atoms with Gasteiger partial charge in [-0.2, -0.15) is 0 Å². The molecule has 24 heavy (non-hydrogen) atoms. The molecule has 9 nitrogen and oxygen atoms in total. The third-order valence-electron chi connectivity index (χ3n) is 4.74. The molecule has 0 bridgehead atoms. The Morgan fingerprint density at radius 2 is 1.67 bits per heavy atom.